The second-order valence-electron chi connectivity index (χ2n) is 3.63. The van der Waals surface area contributed by atoms with Crippen LogP contribution in [0.3, 0.4) is 0 Å². The van der Waals surface area contributed by atoms with Crippen LogP contribution in [-0.4, -0.2) is 24.2 Å². The lowest BCUT2D eigenvalue weighted by Crippen LogP contribution is -2.32. The van der Waals surface area contributed by atoms with E-state index in [-0.39, 0.29) is 23.6 Å². The molecule has 1 aromatic carbocycles. The zero-order valence-electron chi connectivity index (χ0n) is 9.24. The predicted molar refractivity (Wildman–Crippen MR) is 61.4 cm³/mol. The number of benzene rings is 1. The highest BCUT2D eigenvalue weighted by molar-refractivity contribution is 6.30. The normalized spacial score (nSPS) is 12.5. The van der Waals surface area contributed by atoms with E-state index in [9.17, 15) is 9.18 Å². The summed E-state index contributed by atoms with van der Waals surface area (Å²) in [6.07, 6.45) is -0.113. The van der Waals surface area contributed by atoms with E-state index in [2.05, 4.69) is 0 Å². The number of halogens is 2. The third-order valence-electron chi connectivity index (χ3n) is 2.23. The van der Waals surface area contributed by atoms with E-state index >= 15 is 0 Å². The molecule has 0 aromatic heterocycles. The Bertz CT molecular complexity index is 425. The minimum atomic E-state index is -1.18. The Morgan fingerprint density at radius 2 is 2.29 bits per heavy atom. The van der Waals surface area contributed by atoms with Gasteiger partial charge in [0.05, 0.1) is 11.6 Å². The van der Waals surface area contributed by atoms with Gasteiger partial charge in [0.2, 0.25) is 0 Å². The molecule has 4 nitrogen and oxygen atoms in total. The molecule has 0 spiro atoms. The monoisotopic (exact) mass is 261 g/mol. The summed E-state index contributed by atoms with van der Waals surface area (Å²) in [6.45, 7) is 0.273. The molecule has 0 bridgehead atoms. The van der Waals surface area contributed by atoms with Crippen molar-refractivity contribution >= 4 is 17.6 Å². The maximum atomic E-state index is 13.6. The standard InChI is InChI=1S/C11H13ClFNO3/c1-17-5-6-2-7(4-9(14)11(15)16)10(13)8(12)3-6/h2-3,9H,4-5,14H2,1H3,(H,15,16). The molecule has 1 rings (SSSR count). The first kappa shape index (κ1) is 13.9. The molecule has 0 saturated carbocycles. The summed E-state index contributed by atoms with van der Waals surface area (Å²) in [5, 5.41) is 8.61. The maximum absolute atomic E-state index is 13.6. The molecule has 0 radical (unpaired) electrons. The third-order valence-corrected chi connectivity index (χ3v) is 2.51. The predicted octanol–water partition coefficient (Wildman–Crippen LogP) is 1.58. The van der Waals surface area contributed by atoms with E-state index in [1.807, 2.05) is 0 Å². The fourth-order valence-electron chi connectivity index (χ4n) is 1.43. The van der Waals surface area contributed by atoms with Crippen molar-refractivity contribution in [1.29, 1.82) is 0 Å². The van der Waals surface area contributed by atoms with Gasteiger partial charge in [0.1, 0.15) is 11.9 Å². The summed E-state index contributed by atoms with van der Waals surface area (Å²) in [5.41, 5.74) is 6.20. The van der Waals surface area contributed by atoms with Crippen molar-refractivity contribution in [1.82, 2.24) is 0 Å². The second kappa shape index (κ2) is 5.95. The van der Waals surface area contributed by atoms with Gasteiger partial charge in [-0.15, -0.1) is 0 Å². The summed E-state index contributed by atoms with van der Waals surface area (Å²) in [5.74, 6) is -1.82. The number of hydrogen-bond acceptors (Lipinski definition) is 3. The van der Waals surface area contributed by atoms with E-state index < -0.39 is 17.8 Å². The Kier molecular flexibility index (Phi) is 4.86. The van der Waals surface area contributed by atoms with Gasteiger partial charge in [-0.25, -0.2) is 4.39 Å². The molecule has 6 heteroatoms. The van der Waals surface area contributed by atoms with Crippen molar-refractivity contribution in [3.8, 4) is 0 Å². The maximum Gasteiger partial charge on any atom is 0.320 e. The van der Waals surface area contributed by atoms with E-state index in [1.165, 1.54) is 19.2 Å². The summed E-state index contributed by atoms with van der Waals surface area (Å²) in [7, 11) is 1.50. The summed E-state index contributed by atoms with van der Waals surface area (Å²) in [6, 6.07) is 1.79. The first-order chi connectivity index (χ1) is 7.95. The van der Waals surface area contributed by atoms with E-state index in [0.29, 0.717) is 5.56 Å². The highest BCUT2D eigenvalue weighted by atomic mass is 35.5. The van der Waals surface area contributed by atoms with Crippen LogP contribution in [0.1, 0.15) is 11.1 Å². The summed E-state index contributed by atoms with van der Waals surface area (Å²) in [4.78, 5) is 10.6. The van der Waals surface area contributed by atoms with E-state index in [4.69, 9.17) is 27.2 Å². The van der Waals surface area contributed by atoms with Gasteiger partial charge in [-0.2, -0.15) is 0 Å². The Labute approximate surface area is 103 Å². The molecule has 0 aliphatic carbocycles. The van der Waals surface area contributed by atoms with Crippen LogP contribution in [0.2, 0.25) is 5.02 Å². The van der Waals surface area contributed by atoms with Crippen LogP contribution in [0.5, 0.6) is 0 Å². The molecule has 0 amide bonds. The topological polar surface area (TPSA) is 72.5 Å². The molecule has 0 saturated heterocycles. The van der Waals surface area contributed by atoms with Crippen LogP contribution in [0.4, 0.5) is 4.39 Å². The molecule has 0 fully saturated rings. The van der Waals surface area contributed by atoms with Crippen molar-refractivity contribution in [3.63, 3.8) is 0 Å². The number of nitrogens with two attached hydrogens (primary N) is 1. The smallest absolute Gasteiger partial charge is 0.320 e. The molecule has 1 unspecified atom stereocenters. The van der Waals surface area contributed by atoms with Crippen molar-refractivity contribution < 1.29 is 19.0 Å². The highest BCUT2D eigenvalue weighted by Gasteiger charge is 2.17. The van der Waals surface area contributed by atoms with Crippen LogP contribution in [0.25, 0.3) is 0 Å². The molecule has 94 valence electrons. The van der Waals surface area contributed by atoms with Gasteiger partial charge in [-0.05, 0) is 17.2 Å². The van der Waals surface area contributed by atoms with Crippen molar-refractivity contribution in [2.24, 2.45) is 5.73 Å². The third kappa shape index (κ3) is 3.66. The van der Waals surface area contributed by atoms with Crippen LogP contribution < -0.4 is 5.73 Å². The summed E-state index contributed by atoms with van der Waals surface area (Å²) >= 11 is 5.70. The molecule has 3 N–H and O–H groups in total. The second-order valence-corrected chi connectivity index (χ2v) is 4.04. The number of carboxylic acids is 1. The number of carbonyl (C=O) groups is 1. The van der Waals surface area contributed by atoms with Crippen LogP contribution in [0, 0.1) is 5.82 Å². The number of carboxylic acid groups (broad SMARTS) is 1. The lowest BCUT2D eigenvalue weighted by atomic mass is 10.0. The first-order valence-electron chi connectivity index (χ1n) is 4.89. The van der Waals surface area contributed by atoms with Gasteiger partial charge < -0.3 is 15.6 Å². The first-order valence-corrected chi connectivity index (χ1v) is 5.27. The summed E-state index contributed by atoms with van der Waals surface area (Å²) < 4.78 is 18.5. The quantitative estimate of drug-likeness (QED) is 0.844. The molecule has 1 aromatic rings. The largest absolute Gasteiger partial charge is 0.480 e. The molecule has 0 aliphatic rings. The van der Waals surface area contributed by atoms with Gasteiger partial charge in [0.25, 0.3) is 0 Å². The van der Waals surface area contributed by atoms with Crippen molar-refractivity contribution in [2.75, 3.05) is 7.11 Å². The van der Waals surface area contributed by atoms with Gasteiger partial charge in [0, 0.05) is 13.5 Å². The lowest BCUT2D eigenvalue weighted by Gasteiger charge is -2.10. The van der Waals surface area contributed by atoms with Gasteiger partial charge >= 0.3 is 5.97 Å². The number of ether oxygens (including phenoxy) is 1. The molecule has 1 atom stereocenters. The zero-order chi connectivity index (χ0) is 13.0. The number of methoxy groups -OCH3 is 1. The molecule has 0 heterocycles. The van der Waals surface area contributed by atoms with Crippen LogP contribution in [0.15, 0.2) is 12.1 Å². The Morgan fingerprint density at radius 1 is 1.65 bits per heavy atom. The average molecular weight is 262 g/mol. The average Bonchev–Trinajstić information content (AvgIpc) is 2.25. The number of hydrogen-bond donors (Lipinski definition) is 2. The molecule has 0 aliphatic heterocycles. The Balaban J connectivity index is 3.00. The molecule has 17 heavy (non-hydrogen) atoms. The zero-order valence-corrected chi connectivity index (χ0v) is 10.00. The van der Waals surface area contributed by atoms with Gasteiger partial charge in [-0.3, -0.25) is 4.79 Å². The fraction of sp³-hybridized carbons (Fsp3) is 0.364. The van der Waals surface area contributed by atoms with Gasteiger partial charge in [-0.1, -0.05) is 17.7 Å². The van der Waals surface area contributed by atoms with Crippen LogP contribution >= 0.6 is 11.6 Å². The van der Waals surface area contributed by atoms with Crippen LogP contribution in [-0.2, 0) is 22.6 Å². The van der Waals surface area contributed by atoms with E-state index in [1.54, 1.807) is 0 Å². The number of rotatable bonds is 5. The molecular weight excluding hydrogens is 249 g/mol. The van der Waals surface area contributed by atoms with Gasteiger partial charge in [0.15, 0.2) is 0 Å². The van der Waals surface area contributed by atoms with Crippen molar-refractivity contribution in [2.45, 2.75) is 19.1 Å². The van der Waals surface area contributed by atoms with Crippen molar-refractivity contribution in [3.05, 3.63) is 34.1 Å². The Morgan fingerprint density at radius 3 is 2.82 bits per heavy atom. The SMILES string of the molecule is COCc1cc(Cl)c(F)c(CC(N)C(=O)O)c1. The minimum absolute atomic E-state index is 0.0628. The highest BCUT2D eigenvalue weighted by Crippen LogP contribution is 2.22. The number of aliphatic carboxylic acids is 1. The Hall–Kier alpha value is -1.17. The lowest BCUT2D eigenvalue weighted by molar-refractivity contribution is -0.138. The van der Waals surface area contributed by atoms with E-state index in [0.717, 1.165) is 0 Å². The minimum Gasteiger partial charge on any atom is -0.480 e. The fourth-order valence-corrected chi connectivity index (χ4v) is 1.69. The molecular formula is C11H13ClFNO3.